The van der Waals surface area contributed by atoms with E-state index in [0.29, 0.717) is 32.1 Å². The monoisotopic (exact) mass is 762 g/mol. The van der Waals surface area contributed by atoms with Gasteiger partial charge in [0.15, 0.2) is 6.10 Å². The van der Waals surface area contributed by atoms with E-state index in [1.165, 1.54) is 57.8 Å². The average Bonchev–Trinajstić information content (AvgIpc) is 3.12. The van der Waals surface area contributed by atoms with Crippen molar-refractivity contribution in [3.8, 4) is 0 Å². The summed E-state index contributed by atoms with van der Waals surface area (Å²) in [5, 5.41) is 10.1. The van der Waals surface area contributed by atoms with Crippen LogP contribution in [0.3, 0.4) is 0 Å². The van der Waals surface area contributed by atoms with Gasteiger partial charge in [-0.3, -0.25) is 14.1 Å². The predicted molar refractivity (Wildman–Crippen MR) is 217 cm³/mol. The normalized spacial score (nSPS) is 14.0. The summed E-state index contributed by atoms with van der Waals surface area (Å²) in [5.41, 5.74) is 0. The lowest BCUT2D eigenvalue weighted by Gasteiger charge is -2.18. The van der Waals surface area contributed by atoms with E-state index in [1.807, 2.05) is 24.3 Å². The van der Waals surface area contributed by atoms with Gasteiger partial charge in [0.1, 0.15) is 6.61 Å². The Balaban J connectivity index is 4.24. The molecule has 9 nitrogen and oxygen atoms in total. The lowest BCUT2D eigenvalue weighted by Crippen LogP contribution is -2.29. The van der Waals surface area contributed by atoms with Crippen LogP contribution in [0.25, 0.3) is 0 Å². The zero-order chi connectivity index (χ0) is 39.1. The van der Waals surface area contributed by atoms with Crippen LogP contribution in [0.5, 0.6) is 0 Å². The molecule has 0 heterocycles. The summed E-state index contributed by atoms with van der Waals surface area (Å²) in [7, 11) is -4.81. The summed E-state index contributed by atoms with van der Waals surface area (Å²) in [6, 6.07) is 0. The highest BCUT2D eigenvalue weighted by atomic mass is 31.2. The number of carbonyl (C=O) groups excluding carboxylic acids is 2. The number of phosphoric ester groups is 1. The standard InChI is InChI=1S/C43H71O9P/c1-3-5-7-9-11-13-14-15-16-17-18-19-20-22-24-28-32-36-42(45)50-38-41(39-51-53(47,48)49)52-43(46)37-33-29-25-27-31-35-40(44)34-30-26-23-21-12-10-8-6-4-2/h12,15-16,18-19,21-22,24-27,30-31,35,40-41,44H,3-11,13-14,17,20,23,28-29,32-34,36-39H2,1-2H3,(H2,47,48,49)/b16-15-,19-18-,21-12-,24-22-,27-25+,30-26-,35-31-/t40?,41-/m1/s1. The molecule has 3 N–H and O–H groups in total. The van der Waals surface area contributed by atoms with Crippen molar-refractivity contribution < 1.29 is 43.0 Å². The van der Waals surface area contributed by atoms with Gasteiger partial charge in [-0.05, 0) is 77.0 Å². The van der Waals surface area contributed by atoms with Crippen molar-refractivity contribution in [2.45, 2.75) is 161 Å². The fourth-order valence-electron chi connectivity index (χ4n) is 4.93. The molecule has 1 unspecified atom stereocenters. The van der Waals surface area contributed by atoms with E-state index in [0.717, 1.165) is 32.1 Å². The molecule has 0 radical (unpaired) electrons. The van der Waals surface area contributed by atoms with Crippen molar-refractivity contribution in [3.05, 3.63) is 85.1 Å². The molecule has 10 heteroatoms. The number of phosphoric acid groups is 1. The van der Waals surface area contributed by atoms with E-state index in [9.17, 15) is 19.3 Å². The number of unbranched alkanes of at least 4 members (excludes halogenated alkanes) is 11. The van der Waals surface area contributed by atoms with Crippen LogP contribution in [0.15, 0.2) is 85.1 Å². The molecule has 0 saturated heterocycles. The highest BCUT2D eigenvalue weighted by Gasteiger charge is 2.22. The van der Waals surface area contributed by atoms with E-state index >= 15 is 0 Å². The number of carbonyl (C=O) groups is 2. The Morgan fingerprint density at radius 3 is 1.70 bits per heavy atom. The van der Waals surface area contributed by atoms with Crippen LogP contribution in [0, 0.1) is 0 Å². The van der Waals surface area contributed by atoms with E-state index in [-0.39, 0.29) is 19.4 Å². The summed E-state index contributed by atoms with van der Waals surface area (Å²) in [6.07, 6.45) is 46.2. The van der Waals surface area contributed by atoms with Crippen LogP contribution in [0.2, 0.25) is 0 Å². The van der Waals surface area contributed by atoms with Gasteiger partial charge in [0, 0.05) is 12.8 Å². The van der Waals surface area contributed by atoms with Crippen molar-refractivity contribution >= 4 is 19.8 Å². The molecule has 0 aliphatic rings. The number of rotatable bonds is 35. The van der Waals surface area contributed by atoms with Crippen LogP contribution >= 0.6 is 7.82 Å². The fourth-order valence-corrected chi connectivity index (χ4v) is 5.29. The van der Waals surface area contributed by atoms with Crippen LogP contribution in [-0.2, 0) is 28.2 Å². The summed E-state index contributed by atoms with van der Waals surface area (Å²) in [5.74, 6) is -1.08. The van der Waals surface area contributed by atoms with Crippen molar-refractivity contribution in [1.82, 2.24) is 0 Å². The van der Waals surface area contributed by atoms with Gasteiger partial charge >= 0.3 is 19.8 Å². The number of hydrogen-bond donors (Lipinski definition) is 3. The molecule has 0 aliphatic heterocycles. The van der Waals surface area contributed by atoms with Gasteiger partial charge in [0.25, 0.3) is 0 Å². The van der Waals surface area contributed by atoms with Crippen molar-refractivity contribution in [3.63, 3.8) is 0 Å². The third-order valence-corrected chi connectivity index (χ3v) is 8.45. The van der Waals surface area contributed by atoms with Gasteiger partial charge in [0.2, 0.25) is 0 Å². The summed E-state index contributed by atoms with van der Waals surface area (Å²) in [4.78, 5) is 42.7. The van der Waals surface area contributed by atoms with Crippen molar-refractivity contribution in [2.75, 3.05) is 13.2 Å². The molecule has 0 bridgehead atoms. The molecule has 302 valence electrons. The SMILES string of the molecule is CCCCC/C=C\C/C=C\CC(O)/C=C\C=C\CCCC(=O)O[C@H](COC(=O)CCC/C=C\C/C=C\C/C=C\CCCCCCCC)COP(=O)(O)O. The Morgan fingerprint density at radius 2 is 1.08 bits per heavy atom. The van der Waals surface area contributed by atoms with Crippen molar-refractivity contribution in [2.24, 2.45) is 0 Å². The second-order valence-electron chi connectivity index (χ2n) is 13.1. The number of hydrogen-bond acceptors (Lipinski definition) is 7. The zero-order valence-electron chi connectivity index (χ0n) is 32.7. The minimum atomic E-state index is -4.81. The molecule has 0 spiro atoms. The maximum absolute atomic E-state index is 12.4. The predicted octanol–water partition coefficient (Wildman–Crippen LogP) is 11.0. The number of esters is 2. The Morgan fingerprint density at radius 1 is 0.585 bits per heavy atom. The Kier molecular flexibility index (Phi) is 35.5. The second kappa shape index (κ2) is 37.5. The number of allylic oxidation sites excluding steroid dienone is 12. The van der Waals surface area contributed by atoms with Crippen LogP contribution in [0.1, 0.15) is 149 Å². The first-order chi connectivity index (χ1) is 25.7. The topological polar surface area (TPSA) is 140 Å². The van der Waals surface area contributed by atoms with Crippen LogP contribution < -0.4 is 0 Å². The average molecular weight is 763 g/mol. The lowest BCUT2D eigenvalue weighted by molar-refractivity contribution is -0.161. The van der Waals surface area contributed by atoms with E-state index < -0.39 is 38.6 Å². The number of ether oxygens (including phenoxy) is 2. The fraction of sp³-hybridized carbons (Fsp3) is 0.628. The minimum Gasteiger partial charge on any atom is -0.462 e. The molecule has 0 fully saturated rings. The first kappa shape index (κ1) is 50.2. The van der Waals surface area contributed by atoms with E-state index in [4.69, 9.17) is 19.3 Å². The molecule has 2 atom stereocenters. The smallest absolute Gasteiger partial charge is 0.462 e. The first-order valence-electron chi connectivity index (χ1n) is 20.0. The van der Waals surface area contributed by atoms with E-state index in [1.54, 1.807) is 18.2 Å². The molecule has 0 aromatic carbocycles. The summed E-state index contributed by atoms with van der Waals surface area (Å²) < 4.78 is 26.2. The van der Waals surface area contributed by atoms with Crippen molar-refractivity contribution in [1.29, 1.82) is 0 Å². The maximum atomic E-state index is 12.4. The largest absolute Gasteiger partial charge is 0.469 e. The summed E-state index contributed by atoms with van der Waals surface area (Å²) >= 11 is 0. The summed E-state index contributed by atoms with van der Waals surface area (Å²) in [6.45, 7) is 3.46. The van der Waals surface area contributed by atoms with E-state index in [2.05, 4.69) is 60.9 Å². The number of aliphatic hydroxyl groups excluding tert-OH is 1. The highest BCUT2D eigenvalue weighted by molar-refractivity contribution is 7.46. The molecule has 0 aromatic rings. The third-order valence-electron chi connectivity index (χ3n) is 7.97. The van der Waals surface area contributed by atoms with Gasteiger partial charge in [-0.15, -0.1) is 0 Å². The third kappa shape index (κ3) is 40.2. The lowest BCUT2D eigenvalue weighted by atomic mass is 10.1. The Bertz CT molecular complexity index is 1150. The molecular formula is C43H71O9P. The second-order valence-corrected chi connectivity index (χ2v) is 14.3. The van der Waals surface area contributed by atoms with Gasteiger partial charge in [0.05, 0.1) is 12.7 Å². The quantitative estimate of drug-likeness (QED) is 0.0189. The highest BCUT2D eigenvalue weighted by Crippen LogP contribution is 2.35. The molecule has 53 heavy (non-hydrogen) atoms. The van der Waals surface area contributed by atoms with Gasteiger partial charge in [-0.1, -0.05) is 144 Å². The zero-order valence-corrected chi connectivity index (χ0v) is 33.6. The Hall–Kier alpha value is -2.81. The Labute approximate surface area is 321 Å². The van der Waals surface area contributed by atoms with Gasteiger partial charge < -0.3 is 24.4 Å². The molecule has 0 aliphatic carbocycles. The minimum absolute atomic E-state index is 0.0619. The van der Waals surface area contributed by atoms with Gasteiger partial charge in [-0.2, -0.15) is 0 Å². The molecule has 0 rings (SSSR count). The molecule has 0 amide bonds. The van der Waals surface area contributed by atoms with Gasteiger partial charge in [-0.25, -0.2) is 4.57 Å². The number of aliphatic hydroxyl groups is 1. The molecule has 0 aromatic heterocycles. The first-order valence-corrected chi connectivity index (χ1v) is 21.5. The molecule has 0 saturated carbocycles. The van der Waals surface area contributed by atoms with Crippen LogP contribution in [-0.4, -0.2) is 52.3 Å². The van der Waals surface area contributed by atoms with Crippen LogP contribution in [0.4, 0.5) is 0 Å². The molecular weight excluding hydrogens is 691 g/mol. The maximum Gasteiger partial charge on any atom is 0.469 e.